The smallest absolute Gasteiger partial charge is 0.227 e. The summed E-state index contributed by atoms with van der Waals surface area (Å²) in [6.07, 6.45) is 5.05. The molecule has 1 aromatic carbocycles. The van der Waals surface area contributed by atoms with E-state index >= 15 is 0 Å². The molecule has 2 nitrogen and oxygen atoms in total. The molecule has 98 valence electrons. The number of fused-ring (bicyclic) bond motifs is 2. The summed E-state index contributed by atoms with van der Waals surface area (Å²) in [5.41, 5.74) is 3.96. The van der Waals surface area contributed by atoms with Crippen LogP contribution in [0.3, 0.4) is 0 Å². The van der Waals surface area contributed by atoms with E-state index in [0.29, 0.717) is 18.2 Å². The van der Waals surface area contributed by atoms with Gasteiger partial charge in [-0.2, -0.15) is 0 Å². The number of carbonyl (C=O) groups is 1. The summed E-state index contributed by atoms with van der Waals surface area (Å²) in [6.45, 7) is 5.26. The highest BCUT2D eigenvalue weighted by Gasteiger charge is 2.55. The molecule has 2 atom stereocenters. The average molecular weight is 253 g/mol. The van der Waals surface area contributed by atoms with Gasteiger partial charge in [-0.1, -0.05) is 36.4 Å². The molecular weight excluding hydrogens is 234 g/mol. The molecule has 19 heavy (non-hydrogen) atoms. The third-order valence-electron chi connectivity index (χ3n) is 5.36. The van der Waals surface area contributed by atoms with Crippen LogP contribution in [0.1, 0.15) is 42.7 Å². The van der Waals surface area contributed by atoms with Gasteiger partial charge < -0.3 is 4.90 Å². The summed E-state index contributed by atoms with van der Waals surface area (Å²) >= 11 is 0. The topological polar surface area (TPSA) is 20.3 Å². The normalized spacial score (nSPS) is 32.8. The maximum absolute atomic E-state index is 12.6. The molecule has 4 rings (SSSR count). The Morgan fingerprint density at radius 1 is 1.26 bits per heavy atom. The zero-order chi connectivity index (χ0) is 13.0. The summed E-state index contributed by atoms with van der Waals surface area (Å²) < 4.78 is 0. The lowest BCUT2D eigenvalue weighted by atomic mass is 9.78. The van der Waals surface area contributed by atoms with Crippen molar-refractivity contribution in [1.29, 1.82) is 0 Å². The molecular formula is C17H19NO. The fourth-order valence-corrected chi connectivity index (χ4v) is 4.62. The predicted octanol–water partition coefficient (Wildman–Crippen LogP) is 3.04. The molecule has 1 spiro atoms. The molecule has 1 saturated carbocycles. The fraction of sp³-hybridized carbons (Fsp3) is 0.471. The number of nitrogens with zero attached hydrogens (tertiary/aromatic N) is 1. The SMILES string of the molecule is C=C1CC[C@@]23CCCN2C(=O)Cc2ccccc2[C@H]13. The van der Waals surface area contributed by atoms with Crippen LogP contribution in [0.25, 0.3) is 0 Å². The first-order valence-electron chi connectivity index (χ1n) is 7.28. The van der Waals surface area contributed by atoms with Crippen LogP contribution in [0.4, 0.5) is 0 Å². The van der Waals surface area contributed by atoms with E-state index in [2.05, 4.69) is 29.7 Å². The van der Waals surface area contributed by atoms with Crippen molar-refractivity contribution >= 4 is 5.91 Å². The summed E-state index contributed by atoms with van der Waals surface area (Å²) in [4.78, 5) is 14.8. The van der Waals surface area contributed by atoms with Crippen LogP contribution in [-0.2, 0) is 11.2 Å². The number of rotatable bonds is 0. The summed E-state index contributed by atoms with van der Waals surface area (Å²) in [7, 11) is 0. The second-order valence-electron chi connectivity index (χ2n) is 6.22. The van der Waals surface area contributed by atoms with Crippen molar-refractivity contribution in [2.75, 3.05) is 6.54 Å². The van der Waals surface area contributed by atoms with Crippen molar-refractivity contribution < 1.29 is 4.79 Å². The minimum atomic E-state index is 0.0563. The Balaban J connectivity index is 1.97. The first kappa shape index (κ1) is 11.3. The second kappa shape index (κ2) is 3.72. The third kappa shape index (κ3) is 1.35. The molecule has 0 N–H and O–H groups in total. The summed E-state index contributed by atoms with van der Waals surface area (Å²) in [5, 5.41) is 0. The number of benzene rings is 1. The molecule has 1 saturated heterocycles. The van der Waals surface area contributed by atoms with Gasteiger partial charge in [0.2, 0.25) is 5.91 Å². The number of hydrogen-bond acceptors (Lipinski definition) is 1. The van der Waals surface area contributed by atoms with Gasteiger partial charge in [-0.25, -0.2) is 0 Å². The molecule has 1 aliphatic carbocycles. The molecule has 1 amide bonds. The molecule has 2 heteroatoms. The van der Waals surface area contributed by atoms with Crippen LogP contribution < -0.4 is 0 Å². The number of amides is 1. The van der Waals surface area contributed by atoms with Crippen LogP contribution in [0.5, 0.6) is 0 Å². The van der Waals surface area contributed by atoms with E-state index in [1.54, 1.807) is 0 Å². The predicted molar refractivity (Wildman–Crippen MR) is 74.9 cm³/mol. The first-order valence-corrected chi connectivity index (χ1v) is 7.28. The van der Waals surface area contributed by atoms with Gasteiger partial charge in [0.15, 0.2) is 0 Å². The summed E-state index contributed by atoms with van der Waals surface area (Å²) in [6, 6.07) is 8.49. The Hall–Kier alpha value is -1.57. The van der Waals surface area contributed by atoms with Gasteiger partial charge in [-0.15, -0.1) is 0 Å². The van der Waals surface area contributed by atoms with E-state index in [9.17, 15) is 4.79 Å². The minimum Gasteiger partial charge on any atom is -0.336 e. The Labute approximate surface area is 114 Å². The fourth-order valence-electron chi connectivity index (χ4n) is 4.62. The van der Waals surface area contributed by atoms with Gasteiger partial charge in [-0.05, 0) is 36.8 Å². The van der Waals surface area contributed by atoms with Crippen molar-refractivity contribution in [2.24, 2.45) is 0 Å². The van der Waals surface area contributed by atoms with Crippen molar-refractivity contribution in [1.82, 2.24) is 4.90 Å². The van der Waals surface area contributed by atoms with E-state index in [-0.39, 0.29) is 5.54 Å². The van der Waals surface area contributed by atoms with Gasteiger partial charge in [0.1, 0.15) is 0 Å². The van der Waals surface area contributed by atoms with Crippen molar-refractivity contribution in [3.8, 4) is 0 Å². The minimum absolute atomic E-state index is 0.0563. The van der Waals surface area contributed by atoms with E-state index in [1.165, 1.54) is 16.7 Å². The maximum atomic E-state index is 12.6. The lowest BCUT2D eigenvalue weighted by Gasteiger charge is -2.39. The quantitative estimate of drug-likeness (QED) is 0.651. The zero-order valence-corrected chi connectivity index (χ0v) is 11.2. The summed E-state index contributed by atoms with van der Waals surface area (Å²) in [5.74, 6) is 0.694. The van der Waals surface area contributed by atoms with Crippen LogP contribution in [0, 0.1) is 0 Å². The van der Waals surface area contributed by atoms with Gasteiger partial charge in [0.05, 0.1) is 12.0 Å². The highest BCUT2D eigenvalue weighted by molar-refractivity contribution is 5.82. The standard InChI is InChI=1S/C17H19NO/c1-12-7-9-17-8-4-10-18(17)15(19)11-13-5-2-3-6-14(13)16(12)17/h2-3,5-6,16H,1,4,7-11H2/t16-,17+/m0/s1. The van der Waals surface area contributed by atoms with Gasteiger partial charge >= 0.3 is 0 Å². The van der Waals surface area contributed by atoms with E-state index in [4.69, 9.17) is 0 Å². The van der Waals surface area contributed by atoms with Gasteiger partial charge in [0.25, 0.3) is 0 Å². The molecule has 0 bridgehead atoms. The molecule has 0 unspecified atom stereocenters. The lowest BCUT2D eigenvalue weighted by Crippen LogP contribution is -2.48. The largest absolute Gasteiger partial charge is 0.336 e. The Bertz CT molecular complexity index is 576. The molecule has 0 aromatic heterocycles. The molecule has 3 aliphatic rings. The second-order valence-corrected chi connectivity index (χ2v) is 6.22. The number of carbonyl (C=O) groups excluding carboxylic acids is 1. The van der Waals surface area contributed by atoms with Gasteiger partial charge in [0, 0.05) is 12.5 Å². The highest BCUT2D eigenvalue weighted by Crippen LogP contribution is 2.56. The Morgan fingerprint density at radius 2 is 2.11 bits per heavy atom. The lowest BCUT2D eigenvalue weighted by molar-refractivity contribution is -0.134. The van der Waals surface area contributed by atoms with Crippen LogP contribution >= 0.6 is 0 Å². The molecule has 0 radical (unpaired) electrons. The van der Waals surface area contributed by atoms with E-state index < -0.39 is 0 Å². The number of hydrogen-bond donors (Lipinski definition) is 0. The molecule has 2 aliphatic heterocycles. The van der Waals surface area contributed by atoms with Crippen molar-refractivity contribution in [3.05, 3.63) is 47.5 Å². The molecule has 2 fully saturated rings. The zero-order valence-electron chi connectivity index (χ0n) is 11.2. The van der Waals surface area contributed by atoms with Crippen molar-refractivity contribution in [2.45, 2.75) is 43.6 Å². The van der Waals surface area contributed by atoms with Crippen LogP contribution in [-0.4, -0.2) is 22.9 Å². The van der Waals surface area contributed by atoms with Gasteiger partial charge in [-0.3, -0.25) is 4.79 Å². The molecule has 1 aromatic rings. The van der Waals surface area contributed by atoms with Crippen LogP contribution in [0.2, 0.25) is 0 Å². The van der Waals surface area contributed by atoms with Crippen molar-refractivity contribution in [3.63, 3.8) is 0 Å². The maximum Gasteiger partial charge on any atom is 0.227 e. The Morgan fingerprint density at radius 3 is 3.00 bits per heavy atom. The monoisotopic (exact) mass is 253 g/mol. The highest BCUT2D eigenvalue weighted by atomic mass is 16.2. The molecule has 2 heterocycles. The third-order valence-corrected chi connectivity index (χ3v) is 5.36. The van der Waals surface area contributed by atoms with E-state index in [0.717, 1.165) is 32.2 Å². The first-order chi connectivity index (χ1) is 9.22. The average Bonchev–Trinajstić information content (AvgIpc) is 2.94. The van der Waals surface area contributed by atoms with Crippen LogP contribution in [0.15, 0.2) is 36.4 Å². The van der Waals surface area contributed by atoms with E-state index in [1.807, 2.05) is 6.07 Å². The Kier molecular flexibility index (Phi) is 2.21.